The summed E-state index contributed by atoms with van der Waals surface area (Å²) in [5, 5.41) is 0. The van der Waals surface area contributed by atoms with Gasteiger partial charge in [-0.15, -0.1) is 0 Å². The molecule has 0 heterocycles. The lowest BCUT2D eigenvalue weighted by Crippen LogP contribution is -1.97. The normalized spacial score (nSPS) is 35.4. The highest BCUT2D eigenvalue weighted by Gasteiger charge is 1.99. The van der Waals surface area contributed by atoms with Crippen molar-refractivity contribution in [2.24, 2.45) is 5.89 Å². The summed E-state index contributed by atoms with van der Waals surface area (Å²) in [6, 6.07) is 0. The quantitative estimate of drug-likeness (QED) is 0.584. The molecule has 9 heavy (non-hydrogen) atoms. The lowest BCUT2D eigenvalue weighted by Gasteiger charge is -2.00. The average Bonchev–Trinajstić information content (AvgIpc) is 2.22. The molecule has 0 aromatic rings. The van der Waals surface area contributed by atoms with Crippen molar-refractivity contribution in [1.29, 1.82) is 0 Å². The molecule has 1 heteroatoms. The highest BCUT2D eigenvalue weighted by Crippen LogP contribution is 2.04. The number of carbonyl (C=O) groups is 1. The van der Waals surface area contributed by atoms with Crippen LogP contribution in [0.25, 0.3) is 0 Å². The van der Waals surface area contributed by atoms with Crippen LogP contribution in [-0.2, 0) is 4.79 Å². The van der Waals surface area contributed by atoms with Crippen LogP contribution in [-0.4, -0.2) is 5.78 Å². The van der Waals surface area contributed by atoms with Crippen molar-refractivity contribution in [1.82, 2.24) is 0 Å². The Labute approximate surface area is 72.9 Å². The van der Waals surface area contributed by atoms with Gasteiger partial charge in [0.05, 0.1) is 0 Å². The van der Waals surface area contributed by atoms with Gasteiger partial charge in [-0.3, -0.25) is 4.79 Å². The molecule has 0 aliphatic carbocycles. The SMILES string of the molecule is [2H]C([2H])([2H])C([2H])(C([2H])([2H])[2H])C([2H])([2H])C([2H])([2H])C(=O)CC. The Hall–Kier alpha value is -0.330. The maximum Gasteiger partial charge on any atom is 0.132 e. The van der Waals surface area contributed by atoms with Crippen molar-refractivity contribution in [2.45, 2.75) is 39.8 Å². The lowest BCUT2D eigenvalue weighted by atomic mass is 10.1. The van der Waals surface area contributed by atoms with Crippen LogP contribution >= 0.6 is 0 Å². The van der Waals surface area contributed by atoms with E-state index in [1.807, 2.05) is 0 Å². The Morgan fingerprint density at radius 1 is 1.89 bits per heavy atom. The fourth-order valence-corrected chi connectivity index (χ4v) is 0.221. The Bertz CT molecular complexity index is 363. The van der Waals surface area contributed by atoms with E-state index in [1.165, 1.54) is 6.92 Å². The first kappa shape index (κ1) is 1.46. The Kier molecular flexibility index (Phi) is 0.738. The van der Waals surface area contributed by atoms with Gasteiger partial charge in [0, 0.05) is 27.9 Å². The zero-order valence-corrected chi connectivity index (χ0v) is 5.12. The minimum absolute atomic E-state index is 0.454. The molecule has 54 valence electrons. The van der Waals surface area contributed by atoms with Crippen LogP contribution in [0, 0.1) is 5.89 Å². The van der Waals surface area contributed by atoms with Crippen molar-refractivity contribution in [2.75, 3.05) is 0 Å². The van der Waals surface area contributed by atoms with E-state index in [4.69, 9.17) is 15.1 Å². The summed E-state index contributed by atoms with van der Waals surface area (Å²) in [6.45, 7) is -6.07. The third-order valence-corrected chi connectivity index (χ3v) is 0.648. The van der Waals surface area contributed by atoms with Crippen molar-refractivity contribution >= 4 is 5.78 Å². The molecule has 0 fully saturated rings. The molecule has 0 unspecified atom stereocenters. The molecule has 0 spiro atoms. The molecule has 0 atom stereocenters. The largest absolute Gasteiger partial charge is 0.300 e. The first-order valence-corrected chi connectivity index (χ1v) is 2.51. The first-order chi connectivity index (χ1) is 8.48. The zero-order valence-electron chi connectivity index (χ0n) is 16.1. The zero-order chi connectivity index (χ0) is 16.8. The van der Waals surface area contributed by atoms with Crippen LogP contribution in [0.2, 0.25) is 0 Å². The molecule has 0 aromatic carbocycles. The Morgan fingerprint density at radius 2 is 2.56 bits per heavy atom. The summed E-state index contributed by atoms with van der Waals surface area (Å²) < 4.78 is 80.6. The van der Waals surface area contributed by atoms with E-state index in [1.54, 1.807) is 0 Å². The average molecular weight is 139 g/mol. The van der Waals surface area contributed by atoms with Gasteiger partial charge in [-0.1, -0.05) is 20.6 Å². The van der Waals surface area contributed by atoms with Gasteiger partial charge in [0.1, 0.15) is 5.78 Å². The predicted octanol–water partition coefficient (Wildman–Crippen LogP) is 2.40. The molecule has 1 nitrogen and oxygen atoms in total. The van der Waals surface area contributed by atoms with Crippen molar-refractivity contribution in [3.8, 4) is 0 Å². The molecule has 0 saturated heterocycles. The number of carbonyl (C=O) groups excluding carboxylic acids is 1. The van der Waals surface area contributed by atoms with Gasteiger partial charge >= 0.3 is 0 Å². The number of Topliss-reactive ketones (excluding diaryl/α,β-unsaturated/α-hetero) is 1. The second-order valence-electron chi connectivity index (χ2n) is 1.40. The molecular weight excluding hydrogens is 112 g/mol. The maximum atomic E-state index is 11.5. The van der Waals surface area contributed by atoms with Crippen molar-refractivity contribution in [3.63, 3.8) is 0 Å². The molecule has 0 bridgehead atoms. The third-order valence-electron chi connectivity index (χ3n) is 0.648. The van der Waals surface area contributed by atoms with E-state index in [9.17, 15) is 4.79 Å². The van der Waals surface area contributed by atoms with Crippen LogP contribution in [0.4, 0.5) is 0 Å². The number of hydrogen-bond acceptors (Lipinski definition) is 1. The lowest BCUT2D eigenvalue weighted by molar-refractivity contribution is -0.119. The first-order valence-electron chi connectivity index (χ1n) is 8.01. The minimum atomic E-state index is -3.78. The molecule has 0 aliphatic heterocycles. The molecule has 0 N–H and O–H groups in total. The van der Waals surface area contributed by atoms with Crippen molar-refractivity contribution in [3.05, 3.63) is 0 Å². The topological polar surface area (TPSA) is 17.1 Å². The smallest absolute Gasteiger partial charge is 0.132 e. The van der Waals surface area contributed by atoms with E-state index < -0.39 is 44.5 Å². The van der Waals surface area contributed by atoms with E-state index in [2.05, 4.69) is 0 Å². The molecular formula is C8H16O. The van der Waals surface area contributed by atoms with Gasteiger partial charge in [-0.25, -0.2) is 0 Å². The predicted molar refractivity (Wildman–Crippen MR) is 39.4 cm³/mol. The van der Waals surface area contributed by atoms with Crippen LogP contribution < -0.4 is 0 Å². The third kappa shape index (κ3) is 5.54. The monoisotopic (exact) mass is 139 g/mol. The van der Waals surface area contributed by atoms with Crippen LogP contribution in [0.5, 0.6) is 0 Å². The fraction of sp³-hybridized carbons (Fsp3) is 0.875. The Balaban J connectivity index is 6.29. The standard InChI is InChI=1S/C8H16O/c1-4-8(9)6-5-7(2)3/h7H,4-6H2,1-3H3/i2D3,3D3,5D2,6D2,7D. The van der Waals surface area contributed by atoms with E-state index in [0.29, 0.717) is 0 Å². The van der Waals surface area contributed by atoms with E-state index in [0.717, 1.165) is 0 Å². The van der Waals surface area contributed by atoms with Crippen LogP contribution in [0.3, 0.4) is 0 Å². The van der Waals surface area contributed by atoms with Crippen molar-refractivity contribution < 1.29 is 19.9 Å². The highest BCUT2D eigenvalue weighted by molar-refractivity contribution is 5.77. The molecule has 0 rings (SSSR count). The second-order valence-corrected chi connectivity index (χ2v) is 1.40. The van der Waals surface area contributed by atoms with Crippen LogP contribution in [0.1, 0.15) is 54.9 Å². The Morgan fingerprint density at radius 3 is 3.00 bits per heavy atom. The van der Waals surface area contributed by atoms with Gasteiger partial charge in [0.15, 0.2) is 0 Å². The van der Waals surface area contributed by atoms with Gasteiger partial charge in [-0.2, -0.15) is 0 Å². The molecule has 0 aliphatic rings. The number of hydrogen-bond donors (Lipinski definition) is 0. The summed E-state index contributed by atoms with van der Waals surface area (Å²) in [6.07, 6.45) is -7.60. The highest BCUT2D eigenvalue weighted by atomic mass is 16.1. The summed E-state index contributed by atoms with van der Waals surface area (Å²) in [5.41, 5.74) is 0. The fourth-order valence-electron chi connectivity index (χ4n) is 0.221. The molecule has 0 amide bonds. The van der Waals surface area contributed by atoms with Crippen LogP contribution in [0.15, 0.2) is 0 Å². The van der Waals surface area contributed by atoms with E-state index in [-0.39, 0.29) is 0 Å². The second kappa shape index (κ2) is 4.54. The molecule has 0 radical (unpaired) electrons. The minimum Gasteiger partial charge on any atom is -0.300 e. The maximum absolute atomic E-state index is 11.5. The summed E-state index contributed by atoms with van der Waals surface area (Å²) in [4.78, 5) is 11.5. The van der Waals surface area contributed by atoms with Gasteiger partial charge in [-0.05, 0) is 12.3 Å². The van der Waals surface area contributed by atoms with Gasteiger partial charge < -0.3 is 0 Å². The summed E-state index contributed by atoms with van der Waals surface area (Å²) in [5.74, 6) is -5.07. The molecule has 0 saturated carbocycles. The number of ketones is 1. The summed E-state index contributed by atoms with van der Waals surface area (Å²) >= 11 is 0. The summed E-state index contributed by atoms with van der Waals surface area (Å²) in [7, 11) is 0. The number of rotatable bonds is 4. The van der Waals surface area contributed by atoms with Gasteiger partial charge in [0.2, 0.25) is 0 Å². The van der Waals surface area contributed by atoms with E-state index >= 15 is 0 Å². The molecule has 0 aromatic heterocycles. The van der Waals surface area contributed by atoms with Gasteiger partial charge in [0.25, 0.3) is 0 Å².